The number of fused-ring (bicyclic) bond motifs is 1. The van der Waals surface area contributed by atoms with Gasteiger partial charge in [-0.25, -0.2) is 0 Å². The van der Waals surface area contributed by atoms with E-state index < -0.39 is 6.10 Å². The van der Waals surface area contributed by atoms with E-state index in [1.807, 2.05) is 30.3 Å². The first-order valence-electron chi connectivity index (χ1n) is 7.59. The number of nitrogens with one attached hydrogen (secondary N) is 2. The molecule has 1 aromatic carbocycles. The molecule has 0 saturated carbocycles. The molecular formula is C18H21N3O2. The van der Waals surface area contributed by atoms with Crippen molar-refractivity contribution < 1.29 is 9.84 Å². The van der Waals surface area contributed by atoms with Crippen LogP contribution in [0.4, 0.5) is 0 Å². The zero-order chi connectivity index (χ0) is 16.6. The summed E-state index contributed by atoms with van der Waals surface area (Å²) in [7, 11) is 1.63. The number of aromatic nitrogens is 1. The minimum absolute atomic E-state index is 0.527. The molecule has 0 spiro atoms. The third-order valence-corrected chi connectivity index (χ3v) is 4.25. The summed E-state index contributed by atoms with van der Waals surface area (Å²) >= 11 is 0. The summed E-state index contributed by atoms with van der Waals surface area (Å²) < 4.78 is 5.36. The lowest BCUT2D eigenvalue weighted by molar-refractivity contribution is 0.207. The fraction of sp³-hybridized carbons (Fsp3) is 0.278. The molecule has 0 fully saturated rings. The predicted octanol–water partition coefficient (Wildman–Crippen LogP) is 3.18. The van der Waals surface area contributed by atoms with Crippen LogP contribution in [-0.2, 0) is 0 Å². The van der Waals surface area contributed by atoms with E-state index in [4.69, 9.17) is 15.9 Å². The van der Waals surface area contributed by atoms with Crippen LogP contribution < -0.4 is 10.5 Å². The van der Waals surface area contributed by atoms with Gasteiger partial charge in [0, 0.05) is 33.6 Å². The summed E-state index contributed by atoms with van der Waals surface area (Å²) in [5.74, 6) is 0.773. The molecule has 0 bridgehead atoms. The molecule has 1 heterocycles. The molecule has 120 valence electrons. The smallest absolute Gasteiger partial charge is 0.128 e. The number of H-pyrrole nitrogens is 1. The van der Waals surface area contributed by atoms with Gasteiger partial charge in [-0.05, 0) is 49.6 Å². The van der Waals surface area contributed by atoms with Gasteiger partial charge in [-0.3, -0.25) is 0 Å². The monoisotopic (exact) mass is 311 g/mol. The SMILES string of the molecule is COc1cccc2[nH]c(C(O)C3=CC(=C(C)N)C(=N)CC3)cc12. The molecule has 5 nitrogen and oxygen atoms in total. The zero-order valence-corrected chi connectivity index (χ0v) is 13.3. The van der Waals surface area contributed by atoms with E-state index in [0.717, 1.165) is 33.5 Å². The van der Waals surface area contributed by atoms with E-state index >= 15 is 0 Å². The molecule has 1 aliphatic rings. The topological polar surface area (TPSA) is 95.1 Å². The van der Waals surface area contributed by atoms with Gasteiger partial charge < -0.3 is 26.0 Å². The molecule has 5 heteroatoms. The van der Waals surface area contributed by atoms with Crippen LogP contribution in [0.25, 0.3) is 10.9 Å². The number of methoxy groups -OCH3 is 1. The number of aliphatic hydroxyl groups excluding tert-OH is 1. The standard InChI is InChI=1S/C18H21N3O2/c1-10(19)12-8-11(6-7-14(12)20)18(22)16-9-13-15(21-16)4-3-5-17(13)23-2/h3-5,8-9,18,20-22H,6-7,19H2,1-2H3. The van der Waals surface area contributed by atoms with Crippen molar-refractivity contribution in [3.63, 3.8) is 0 Å². The van der Waals surface area contributed by atoms with Crippen molar-refractivity contribution in [3.05, 3.63) is 52.9 Å². The van der Waals surface area contributed by atoms with Gasteiger partial charge in [0.05, 0.1) is 7.11 Å². The normalized spacial score (nSPS) is 18.7. The molecule has 1 atom stereocenters. The lowest BCUT2D eigenvalue weighted by Gasteiger charge is -2.21. The van der Waals surface area contributed by atoms with E-state index in [-0.39, 0.29) is 0 Å². The molecule has 0 aliphatic heterocycles. The molecule has 0 radical (unpaired) electrons. The number of aliphatic hydroxyl groups is 1. The van der Waals surface area contributed by atoms with Gasteiger partial charge in [-0.15, -0.1) is 0 Å². The fourth-order valence-electron chi connectivity index (χ4n) is 2.99. The first kappa shape index (κ1) is 15.4. The summed E-state index contributed by atoms with van der Waals surface area (Å²) in [6, 6.07) is 7.67. The number of benzene rings is 1. The van der Waals surface area contributed by atoms with Crippen molar-refractivity contribution in [1.82, 2.24) is 4.98 Å². The summed E-state index contributed by atoms with van der Waals surface area (Å²) in [6.07, 6.45) is 2.35. The Bertz CT molecular complexity index is 826. The van der Waals surface area contributed by atoms with Gasteiger partial charge in [0.15, 0.2) is 0 Å². The van der Waals surface area contributed by atoms with E-state index in [1.165, 1.54) is 0 Å². The Morgan fingerprint density at radius 3 is 2.87 bits per heavy atom. The highest BCUT2D eigenvalue weighted by Gasteiger charge is 2.22. The molecular weight excluding hydrogens is 290 g/mol. The van der Waals surface area contributed by atoms with Crippen molar-refractivity contribution in [2.75, 3.05) is 7.11 Å². The Morgan fingerprint density at radius 1 is 1.39 bits per heavy atom. The Labute approximate surface area is 135 Å². The number of nitrogens with two attached hydrogens (primary N) is 1. The van der Waals surface area contributed by atoms with Crippen molar-refractivity contribution in [2.45, 2.75) is 25.9 Å². The number of hydrogen-bond acceptors (Lipinski definition) is 4. The quantitative estimate of drug-likeness (QED) is 0.701. The van der Waals surface area contributed by atoms with Crippen LogP contribution in [-0.4, -0.2) is 22.9 Å². The van der Waals surface area contributed by atoms with E-state index in [0.29, 0.717) is 24.3 Å². The number of rotatable bonds is 3. The highest BCUT2D eigenvalue weighted by atomic mass is 16.5. The summed E-state index contributed by atoms with van der Waals surface area (Å²) in [6.45, 7) is 1.78. The number of allylic oxidation sites excluding steroid dienone is 3. The fourth-order valence-corrected chi connectivity index (χ4v) is 2.99. The molecule has 2 aromatic rings. The minimum Gasteiger partial charge on any atom is -0.496 e. The Hall–Kier alpha value is -2.53. The molecule has 1 aliphatic carbocycles. The van der Waals surface area contributed by atoms with E-state index in [1.54, 1.807) is 14.0 Å². The largest absolute Gasteiger partial charge is 0.496 e. The third-order valence-electron chi connectivity index (χ3n) is 4.25. The maximum atomic E-state index is 10.7. The molecule has 1 unspecified atom stereocenters. The van der Waals surface area contributed by atoms with Crippen molar-refractivity contribution >= 4 is 16.6 Å². The number of ether oxygens (including phenoxy) is 1. The molecule has 3 rings (SSSR count). The second-order valence-electron chi connectivity index (χ2n) is 5.84. The van der Waals surface area contributed by atoms with Gasteiger partial charge >= 0.3 is 0 Å². The average molecular weight is 311 g/mol. The highest BCUT2D eigenvalue weighted by Crippen LogP contribution is 2.34. The van der Waals surface area contributed by atoms with Crippen LogP contribution in [0.1, 0.15) is 31.6 Å². The molecule has 1 aromatic heterocycles. The van der Waals surface area contributed by atoms with Gasteiger partial charge in [0.2, 0.25) is 0 Å². The average Bonchev–Trinajstić information content (AvgIpc) is 2.98. The molecule has 0 amide bonds. The Morgan fingerprint density at radius 2 is 2.17 bits per heavy atom. The number of aromatic amines is 1. The van der Waals surface area contributed by atoms with Crippen LogP contribution in [0.2, 0.25) is 0 Å². The van der Waals surface area contributed by atoms with Gasteiger partial charge in [-0.2, -0.15) is 0 Å². The van der Waals surface area contributed by atoms with Gasteiger partial charge in [0.25, 0.3) is 0 Å². The van der Waals surface area contributed by atoms with Crippen molar-refractivity contribution in [3.8, 4) is 5.75 Å². The van der Waals surface area contributed by atoms with Crippen LogP contribution in [0.5, 0.6) is 5.75 Å². The summed E-state index contributed by atoms with van der Waals surface area (Å²) in [5, 5.41) is 19.6. The Kier molecular flexibility index (Phi) is 3.96. The number of hydrogen-bond donors (Lipinski definition) is 4. The van der Waals surface area contributed by atoms with Gasteiger partial charge in [0.1, 0.15) is 11.9 Å². The first-order valence-corrected chi connectivity index (χ1v) is 7.59. The van der Waals surface area contributed by atoms with Crippen LogP contribution in [0.3, 0.4) is 0 Å². The molecule has 5 N–H and O–H groups in total. The van der Waals surface area contributed by atoms with Crippen molar-refractivity contribution in [2.24, 2.45) is 5.73 Å². The maximum Gasteiger partial charge on any atom is 0.128 e. The molecule has 23 heavy (non-hydrogen) atoms. The second-order valence-corrected chi connectivity index (χ2v) is 5.84. The molecule has 0 saturated heterocycles. The van der Waals surface area contributed by atoms with Crippen LogP contribution in [0.15, 0.2) is 47.2 Å². The lowest BCUT2D eigenvalue weighted by Crippen LogP contribution is -2.15. The van der Waals surface area contributed by atoms with E-state index in [2.05, 4.69) is 4.98 Å². The first-order chi connectivity index (χ1) is 11.0. The van der Waals surface area contributed by atoms with Crippen molar-refractivity contribution in [1.29, 1.82) is 5.41 Å². The third kappa shape index (κ3) is 2.75. The maximum absolute atomic E-state index is 10.7. The Balaban J connectivity index is 2.01. The zero-order valence-electron chi connectivity index (χ0n) is 13.3. The summed E-state index contributed by atoms with van der Waals surface area (Å²) in [4.78, 5) is 3.25. The highest BCUT2D eigenvalue weighted by molar-refractivity contribution is 6.02. The predicted molar refractivity (Wildman–Crippen MR) is 91.7 cm³/mol. The van der Waals surface area contributed by atoms with Crippen LogP contribution >= 0.6 is 0 Å². The summed E-state index contributed by atoms with van der Waals surface area (Å²) in [5.41, 5.74) is 10.2. The minimum atomic E-state index is -0.741. The lowest BCUT2D eigenvalue weighted by atomic mass is 9.88. The second kappa shape index (κ2) is 5.93. The van der Waals surface area contributed by atoms with Crippen LogP contribution in [0, 0.1) is 5.41 Å². The van der Waals surface area contributed by atoms with E-state index in [9.17, 15) is 5.11 Å². The van der Waals surface area contributed by atoms with Gasteiger partial charge in [-0.1, -0.05) is 6.07 Å².